The molecule has 0 amide bonds. The van der Waals surface area contributed by atoms with Gasteiger partial charge in [-0.15, -0.1) is 11.3 Å². The molecule has 0 aliphatic carbocycles. The predicted molar refractivity (Wildman–Crippen MR) is 71.3 cm³/mol. The Morgan fingerprint density at radius 2 is 2.38 bits per heavy atom. The lowest BCUT2D eigenvalue weighted by Crippen LogP contribution is -2.51. The van der Waals surface area contributed by atoms with Crippen LogP contribution in [0.2, 0.25) is 4.34 Å². The second-order valence-electron chi connectivity index (χ2n) is 5.09. The smallest absolute Gasteiger partial charge is 0.0931 e. The molecule has 0 saturated carbocycles. The van der Waals surface area contributed by atoms with Crippen molar-refractivity contribution in [3.63, 3.8) is 0 Å². The first-order chi connectivity index (χ1) is 7.55. The van der Waals surface area contributed by atoms with Crippen LogP contribution in [0, 0.1) is 0 Å². The first-order valence-electron chi connectivity index (χ1n) is 5.78. The van der Waals surface area contributed by atoms with Crippen LogP contribution in [0.3, 0.4) is 0 Å². The highest BCUT2D eigenvalue weighted by Gasteiger charge is 2.26. The van der Waals surface area contributed by atoms with Crippen molar-refractivity contribution in [2.24, 2.45) is 0 Å². The summed E-state index contributed by atoms with van der Waals surface area (Å²) in [5.74, 6) is 0. The van der Waals surface area contributed by atoms with Crippen LogP contribution in [-0.4, -0.2) is 18.1 Å². The van der Waals surface area contributed by atoms with Crippen LogP contribution in [0.15, 0.2) is 12.1 Å². The highest BCUT2D eigenvalue weighted by molar-refractivity contribution is 7.16. The molecule has 90 valence electrons. The molecule has 0 bridgehead atoms. The lowest BCUT2D eigenvalue weighted by molar-refractivity contribution is 0.248. The van der Waals surface area contributed by atoms with Crippen molar-refractivity contribution in [2.75, 3.05) is 6.54 Å². The molecule has 4 heteroatoms. The van der Waals surface area contributed by atoms with Crippen molar-refractivity contribution in [1.82, 2.24) is 10.6 Å². The Bertz CT molecular complexity index is 349. The SMILES string of the molecule is CC1(C)CC(NCc2ccc(Cl)s2)CCN1. The maximum atomic E-state index is 5.91. The molecule has 1 aliphatic heterocycles. The van der Waals surface area contributed by atoms with Gasteiger partial charge in [-0.2, -0.15) is 0 Å². The van der Waals surface area contributed by atoms with Gasteiger partial charge in [0, 0.05) is 23.0 Å². The average molecular weight is 259 g/mol. The van der Waals surface area contributed by atoms with Gasteiger partial charge in [0.1, 0.15) is 0 Å². The zero-order valence-electron chi connectivity index (χ0n) is 9.85. The molecule has 16 heavy (non-hydrogen) atoms. The van der Waals surface area contributed by atoms with Crippen molar-refractivity contribution in [2.45, 2.75) is 44.8 Å². The summed E-state index contributed by atoms with van der Waals surface area (Å²) >= 11 is 7.57. The topological polar surface area (TPSA) is 24.1 Å². The minimum atomic E-state index is 0.267. The number of halogens is 1. The van der Waals surface area contributed by atoms with Gasteiger partial charge in [-0.05, 0) is 45.4 Å². The predicted octanol–water partition coefficient (Wildman–Crippen LogP) is 3.02. The molecule has 2 nitrogen and oxygen atoms in total. The number of thiophene rings is 1. The molecule has 2 N–H and O–H groups in total. The van der Waals surface area contributed by atoms with E-state index in [2.05, 4.69) is 30.5 Å². The van der Waals surface area contributed by atoms with Crippen LogP contribution in [0.4, 0.5) is 0 Å². The van der Waals surface area contributed by atoms with Crippen LogP contribution >= 0.6 is 22.9 Å². The van der Waals surface area contributed by atoms with E-state index in [0.29, 0.717) is 6.04 Å². The van der Waals surface area contributed by atoms with E-state index in [0.717, 1.165) is 17.4 Å². The van der Waals surface area contributed by atoms with Gasteiger partial charge >= 0.3 is 0 Å². The zero-order chi connectivity index (χ0) is 11.6. The molecular weight excluding hydrogens is 240 g/mol. The molecule has 1 fully saturated rings. The Labute approximate surface area is 106 Å². The second kappa shape index (κ2) is 5.05. The highest BCUT2D eigenvalue weighted by Crippen LogP contribution is 2.22. The van der Waals surface area contributed by atoms with Gasteiger partial charge < -0.3 is 10.6 Å². The van der Waals surface area contributed by atoms with E-state index in [1.807, 2.05) is 6.07 Å². The summed E-state index contributed by atoms with van der Waals surface area (Å²) in [6, 6.07) is 4.69. The number of rotatable bonds is 3. The van der Waals surface area contributed by atoms with Crippen molar-refractivity contribution < 1.29 is 0 Å². The zero-order valence-corrected chi connectivity index (χ0v) is 11.4. The maximum Gasteiger partial charge on any atom is 0.0931 e. The quantitative estimate of drug-likeness (QED) is 0.871. The molecule has 0 aromatic carbocycles. The van der Waals surface area contributed by atoms with E-state index in [9.17, 15) is 0 Å². The largest absolute Gasteiger partial charge is 0.312 e. The second-order valence-corrected chi connectivity index (χ2v) is 6.89. The van der Waals surface area contributed by atoms with E-state index in [1.54, 1.807) is 11.3 Å². The maximum absolute atomic E-state index is 5.91. The normalized spacial score (nSPS) is 24.6. The molecule has 0 spiro atoms. The Hall–Kier alpha value is -0.0900. The average Bonchev–Trinajstić information content (AvgIpc) is 2.60. The minimum Gasteiger partial charge on any atom is -0.312 e. The minimum absolute atomic E-state index is 0.267. The van der Waals surface area contributed by atoms with Gasteiger partial charge in [0.2, 0.25) is 0 Å². The van der Waals surface area contributed by atoms with E-state index in [-0.39, 0.29) is 5.54 Å². The third-order valence-electron chi connectivity index (χ3n) is 3.05. The van der Waals surface area contributed by atoms with Crippen LogP contribution in [0.5, 0.6) is 0 Å². The Morgan fingerprint density at radius 3 is 3.00 bits per heavy atom. The fourth-order valence-electron chi connectivity index (χ4n) is 2.24. The third-order valence-corrected chi connectivity index (χ3v) is 4.28. The monoisotopic (exact) mass is 258 g/mol. The fraction of sp³-hybridized carbons (Fsp3) is 0.667. The molecule has 2 rings (SSSR count). The van der Waals surface area contributed by atoms with E-state index >= 15 is 0 Å². The number of nitrogens with one attached hydrogen (secondary N) is 2. The Balaban J connectivity index is 1.82. The summed E-state index contributed by atoms with van der Waals surface area (Å²) in [5.41, 5.74) is 0.267. The van der Waals surface area contributed by atoms with E-state index in [4.69, 9.17) is 11.6 Å². The Morgan fingerprint density at radius 1 is 1.56 bits per heavy atom. The lowest BCUT2D eigenvalue weighted by Gasteiger charge is -2.36. The van der Waals surface area contributed by atoms with Crippen molar-refractivity contribution in [3.8, 4) is 0 Å². The lowest BCUT2D eigenvalue weighted by atomic mass is 9.89. The molecular formula is C12H19ClN2S. The van der Waals surface area contributed by atoms with Gasteiger partial charge in [-0.25, -0.2) is 0 Å². The van der Waals surface area contributed by atoms with Crippen molar-refractivity contribution >= 4 is 22.9 Å². The number of piperidine rings is 1. The van der Waals surface area contributed by atoms with Crippen LogP contribution < -0.4 is 10.6 Å². The van der Waals surface area contributed by atoms with Crippen LogP contribution in [0.1, 0.15) is 31.6 Å². The first-order valence-corrected chi connectivity index (χ1v) is 6.97. The first kappa shape index (κ1) is 12.4. The van der Waals surface area contributed by atoms with Crippen molar-refractivity contribution in [3.05, 3.63) is 21.3 Å². The molecule has 2 heterocycles. The molecule has 1 saturated heterocycles. The molecule has 1 atom stereocenters. The molecule has 0 radical (unpaired) electrons. The van der Waals surface area contributed by atoms with Gasteiger partial charge in [-0.3, -0.25) is 0 Å². The summed E-state index contributed by atoms with van der Waals surface area (Å²) < 4.78 is 0.877. The molecule has 1 unspecified atom stereocenters. The molecule has 1 aromatic rings. The van der Waals surface area contributed by atoms with Gasteiger partial charge in [-0.1, -0.05) is 11.6 Å². The van der Waals surface area contributed by atoms with Gasteiger partial charge in [0.25, 0.3) is 0 Å². The fourth-order valence-corrected chi connectivity index (χ4v) is 3.28. The summed E-state index contributed by atoms with van der Waals surface area (Å²) in [7, 11) is 0. The Kier molecular flexibility index (Phi) is 3.90. The summed E-state index contributed by atoms with van der Waals surface area (Å²) in [6.07, 6.45) is 2.40. The van der Waals surface area contributed by atoms with Crippen molar-refractivity contribution in [1.29, 1.82) is 0 Å². The molecule has 1 aliphatic rings. The third kappa shape index (κ3) is 3.45. The van der Waals surface area contributed by atoms with Gasteiger partial charge in [0.05, 0.1) is 4.34 Å². The summed E-state index contributed by atoms with van der Waals surface area (Å²) in [4.78, 5) is 1.32. The van der Waals surface area contributed by atoms with Gasteiger partial charge in [0.15, 0.2) is 0 Å². The molecule has 1 aromatic heterocycles. The number of hydrogen-bond acceptors (Lipinski definition) is 3. The standard InChI is InChI=1S/C12H19ClN2S/c1-12(2)7-9(5-6-15-12)14-8-10-3-4-11(13)16-10/h3-4,9,14-15H,5-8H2,1-2H3. The van der Waals surface area contributed by atoms with Crippen LogP contribution in [-0.2, 0) is 6.54 Å². The summed E-state index contributed by atoms with van der Waals surface area (Å²) in [5, 5.41) is 7.15. The number of hydrogen-bond donors (Lipinski definition) is 2. The highest BCUT2D eigenvalue weighted by atomic mass is 35.5. The van der Waals surface area contributed by atoms with E-state index in [1.165, 1.54) is 17.7 Å². The summed E-state index contributed by atoms with van der Waals surface area (Å²) in [6.45, 7) is 6.58. The van der Waals surface area contributed by atoms with Crippen LogP contribution in [0.25, 0.3) is 0 Å². The van der Waals surface area contributed by atoms with E-state index < -0.39 is 0 Å².